The summed E-state index contributed by atoms with van der Waals surface area (Å²) in [7, 11) is 2.05. The SMILES string of the molecule is CN(C(=S)NCC1CCCO1)C(c1ccccc1)c1ccccc1. The van der Waals surface area contributed by atoms with Crippen molar-refractivity contribution in [1.29, 1.82) is 0 Å². The maximum Gasteiger partial charge on any atom is 0.169 e. The zero-order valence-electron chi connectivity index (χ0n) is 14.0. The average molecular weight is 340 g/mol. The topological polar surface area (TPSA) is 24.5 Å². The van der Waals surface area contributed by atoms with E-state index in [0.717, 1.165) is 31.1 Å². The molecule has 0 radical (unpaired) electrons. The first-order valence-corrected chi connectivity index (χ1v) is 8.88. The number of rotatable bonds is 5. The summed E-state index contributed by atoms with van der Waals surface area (Å²) < 4.78 is 5.67. The molecule has 1 aliphatic rings. The second-order valence-electron chi connectivity index (χ2n) is 6.16. The summed E-state index contributed by atoms with van der Waals surface area (Å²) in [6.07, 6.45) is 2.54. The summed E-state index contributed by atoms with van der Waals surface area (Å²) in [5.41, 5.74) is 2.46. The second-order valence-corrected chi connectivity index (χ2v) is 6.54. The number of ether oxygens (including phenoxy) is 1. The fourth-order valence-electron chi connectivity index (χ4n) is 3.16. The zero-order chi connectivity index (χ0) is 16.8. The van der Waals surface area contributed by atoms with Gasteiger partial charge in [-0.1, -0.05) is 60.7 Å². The fraction of sp³-hybridized carbons (Fsp3) is 0.350. The predicted molar refractivity (Wildman–Crippen MR) is 102 cm³/mol. The molecule has 0 saturated carbocycles. The Bertz CT molecular complexity index is 602. The van der Waals surface area contributed by atoms with Gasteiger partial charge >= 0.3 is 0 Å². The third-order valence-electron chi connectivity index (χ3n) is 4.44. The molecule has 2 aromatic rings. The van der Waals surface area contributed by atoms with Gasteiger partial charge in [-0.05, 0) is 36.2 Å². The van der Waals surface area contributed by atoms with Crippen molar-refractivity contribution in [2.24, 2.45) is 0 Å². The molecule has 0 spiro atoms. The van der Waals surface area contributed by atoms with Crippen LogP contribution in [0.15, 0.2) is 60.7 Å². The summed E-state index contributed by atoms with van der Waals surface area (Å²) in [6.45, 7) is 1.64. The quantitative estimate of drug-likeness (QED) is 0.838. The van der Waals surface area contributed by atoms with Crippen LogP contribution < -0.4 is 5.32 Å². The van der Waals surface area contributed by atoms with Crippen LogP contribution in [0.4, 0.5) is 0 Å². The Morgan fingerprint density at radius 3 is 2.21 bits per heavy atom. The maximum atomic E-state index is 5.67. The minimum atomic E-state index is 0.0943. The largest absolute Gasteiger partial charge is 0.376 e. The van der Waals surface area contributed by atoms with Gasteiger partial charge in [-0.15, -0.1) is 0 Å². The van der Waals surface area contributed by atoms with Gasteiger partial charge in [-0.3, -0.25) is 0 Å². The molecule has 2 aromatic carbocycles. The molecule has 1 aliphatic heterocycles. The normalized spacial score (nSPS) is 17.0. The van der Waals surface area contributed by atoms with Gasteiger partial charge in [0.15, 0.2) is 5.11 Å². The van der Waals surface area contributed by atoms with Crippen LogP contribution in [-0.2, 0) is 4.74 Å². The third-order valence-corrected chi connectivity index (χ3v) is 4.88. The van der Waals surface area contributed by atoms with Crippen molar-refractivity contribution in [3.05, 3.63) is 71.8 Å². The average Bonchev–Trinajstić information content (AvgIpc) is 3.15. The van der Waals surface area contributed by atoms with Crippen LogP contribution in [0, 0.1) is 0 Å². The molecule has 0 aromatic heterocycles. The van der Waals surface area contributed by atoms with Gasteiger partial charge in [0.05, 0.1) is 12.1 Å². The van der Waals surface area contributed by atoms with Crippen molar-refractivity contribution in [1.82, 2.24) is 10.2 Å². The molecule has 126 valence electrons. The Hall–Kier alpha value is -1.91. The molecular formula is C20H24N2OS. The van der Waals surface area contributed by atoms with Crippen molar-refractivity contribution in [3.63, 3.8) is 0 Å². The lowest BCUT2D eigenvalue weighted by molar-refractivity contribution is 0.113. The van der Waals surface area contributed by atoms with Gasteiger partial charge in [0.1, 0.15) is 0 Å². The molecular weight excluding hydrogens is 316 g/mol. The van der Waals surface area contributed by atoms with E-state index in [2.05, 4.69) is 65.8 Å². The zero-order valence-corrected chi connectivity index (χ0v) is 14.8. The first-order valence-electron chi connectivity index (χ1n) is 8.48. The van der Waals surface area contributed by atoms with Crippen molar-refractivity contribution < 1.29 is 4.74 Å². The van der Waals surface area contributed by atoms with Crippen molar-refractivity contribution in [3.8, 4) is 0 Å². The van der Waals surface area contributed by atoms with Crippen LogP contribution in [0.1, 0.15) is 30.0 Å². The van der Waals surface area contributed by atoms with E-state index in [1.807, 2.05) is 12.1 Å². The lowest BCUT2D eigenvalue weighted by Crippen LogP contribution is -2.42. The van der Waals surface area contributed by atoms with Crippen LogP contribution in [0.3, 0.4) is 0 Å². The van der Waals surface area contributed by atoms with Gasteiger partial charge in [-0.25, -0.2) is 0 Å². The molecule has 3 rings (SSSR count). The minimum Gasteiger partial charge on any atom is -0.376 e. The van der Waals surface area contributed by atoms with Gasteiger partial charge < -0.3 is 15.0 Å². The van der Waals surface area contributed by atoms with Gasteiger partial charge in [0.2, 0.25) is 0 Å². The Labute approximate surface area is 149 Å². The van der Waals surface area contributed by atoms with E-state index in [9.17, 15) is 0 Å². The number of thiocarbonyl (C=S) groups is 1. The van der Waals surface area contributed by atoms with Crippen molar-refractivity contribution in [2.75, 3.05) is 20.2 Å². The number of hydrogen-bond donors (Lipinski definition) is 1. The molecule has 1 unspecified atom stereocenters. The van der Waals surface area contributed by atoms with Crippen molar-refractivity contribution >= 4 is 17.3 Å². The molecule has 1 saturated heterocycles. The number of hydrogen-bond acceptors (Lipinski definition) is 2. The molecule has 4 heteroatoms. The molecule has 0 amide bonds. The van der Waals surface area contributed by atoms with Crippen LogP contribution in [-0.4, -0.2) is 36.3 Å². The Morgan fingerprint density at radius 1 is 1.12 bits per heavy atom. The van der Waals surface area contributed by atoms with Gasteiger partial charge in [-0.2, -0.15) is 0 Å². The number of benzene rings is 2. The van der Waals surface area contributed by atoms with E-state index in [0.29, 0.717) is 0 Å². The molecule has 0 aliphatic carbocycles. The molecule has 3 nitrogen and oxygen atoms in total. The molecule has 24 heavy (non-hydrogen) atoms. The lowest BCUT2D eigenvalue weighted by atomic mass is 9.98. The Kier molecular flexibility index (Phi) is 5.83. The Morgan fingerprint density at radius 2 is 1.71 bits per heavy atom. The van der Waals surface area contributed by atoms with E-state index < -0.39 is 0 Å². The fourth-order valence-corrected chi connectivity index (χ4v) is 3.35. The van der Waals surface area contributed by atoms with Crippen LogP contribution in [0.25, 0.3) is 0 Å². The lowest BCUT2D eigenvalue weighted by Gasteiger charge is -2.32. The highest BCUT2D eigenvalue weighted by atomic mass is 32.1. The van der Waals surface area contributed by atoms with E-state index in [4.69, 9.17) is 17.0 Å². The smallest absolute Gasteiger partial charge is 0.169 e. The summed E-state index contributed by atoms with van der Waals surface area (Å²) in [5, 5.41) is 4.13. The summed E-state index contributed by atoms with van der Waals surface area (Å²) >= 11 is 5.65. The van der Waals surface area contributed by atoms with Gasteiger partial charge in [0.25, 0.3) is 0 Å². The summed E-state index contributed by atoms with van der Waals surface area (Å²) in [5.74, 6) is 0. The summed E-state index contributed by atoms with van der Waals surface area (Å²) in [4.78, 5) is 2.13. The first kappa shape index (κ1) is 16.9. The highest BCUT2D eigenvalue weighted by molar-refractivity contribution is 7.80. The van der Waals surface area contributed by atoms with Crippen LogP contribution in [0.5, 0.6) is 0 Å². The second kappa shape index (κ2) is 8.27. The maximum absolute atomic E-state index is 5.67. The minimum absolute atomic E-state index is 0.0943. The van der Waals surface area contributed by atoms with E-state index in [-0.39, 0.29) is 12.1 Å². The Balaban J connectivity index is 1.75. The summed E-state index contributed by atoms with van der Waals surface area (Å²) in [6, 6.07) is 21.1. The van der Waals surface area contributed by atoms with Crippen molar-refractivity contribution in [2.45, 2.75) is 25.0 Å². The van der Waals surface area contributed by atoms with Gasteiger partial charge in [0, 0.05) is 20.2 Å². The first-order chi connectivity index (χ1) is 11.8. The molecule has 1 atom stereocenters. The molecule has 1 heterocycles. The van der Waals surface area contributed by atoms with Crippen LogP contribution in [0.2, 0.25) is 0 Å². The molecule has 1 N–H and O–H groups in total. The monoisotopic (exact) mass is 340 g/mol. The van der Waals surface area contributed by atoms with E-state index in [1.165, 1.54) is 11.1 Å². The highest BCUT2D eigenvalue weighted by Crippen LogP contribution is 2.27. The third kappa shape index (κ3) is 4.13. The number of nitrogens with zero attached hydrogens (tertiary/aromatic N) is 1. The van der Waals surface area contributed by atoms with E-state index >= 15 is 0 Å². The number of nitrogens with one attached hydrogen (secondary N) is 1. The van der Waals surface area contributed by atoms with Crippen LogP contribution >= 0.6 is 12.2 Å². The molecule has 0 bridgehead atoms. The molecule has 1 fully saturated rings. The standard InChI is InChI=1S/C20H24N2OS/c1-22(20(24)21-15-18-13-8-14-23-18)19(16-9-4-2-5-10-16)17-11-6-3-7-12-17/h2-7,9-12,18-19H,8,13-15H2,1H3,(H,21,24). The predicted octanol–water partition coefficient (Wildman–Crippen LogP) is 3.76. The van der Waals surface area contributed by atoms with E-state index in [1.54, 1.807) is 0 Å². The highest BCUT2D eigenvalue weighted by Gasteiger charge is 2.22.